The minimum Gasteiger partial charge on any atom is -0.424 e. The number of nitrogens with zero attached hydrogens (tertiary/aromatic N) is 6. The summed E-state index contributed by atoms with van der Waals surface area (Å²) in [5.41, 5.74) is 4.41. The molecule has 5 rings (SSSR count). The van der Waals surface area contributed by atoms with Gasteiger partial charge in [0.1, 0.15) is 17.8 Å². The highest BCUT2D eigenvalue weighted by Crippen LogP contribution is 2.39. The molecule has 0 aliphatic carbocycles. The lowest BCUT2D eigenvalue weighted by molar-refractivity contribution is -0.697. The van der Waals surface area contributed by atoms with Crippen molar-refractivity contribution in [2.24, 2.45) is 0 Å². The van der Waals surface area contributed by atoms with Crippen molar-refractivity contribution >= 4 is 40.9 Å². The second kappa shape index (κ2) is 28.5. The molecule has 0 fully saturated rings. The third-order valence-corrected chi connectivity index (χ3v) is 10.7. The Morgan fingerprint density at radius 2 is 1.37 bits per heavy atom. The highest BCUT2D eigenvalue weighted by Gasteiger charge is 2.19. The number of hydrogen-bond acceptors (Lipinski definition) is 8. The normalized spacial score (nSPS) is 11.2. The van der Waals surface area contributed by atoms with Crippen molar-refractivity contribution in [2.75, 3.05) is 26.4 Å². The van der Waals surface area contributed by atoms with E-state index in [2.05, 4.69) is 55.4 Å². The summed E-state index contributed by atoms with van der Waals surface area (Å²) in [6.07, 6.45) is 33.2. The number of unbranched alkanes of at least 4 members (excludes halogenated alkanes) is 12. The van der Waals surface area contributed by atoms with Crippen LogP contribution in [0.15, 0.2) is 79.6 Å². The van der Waals surface area contributed by atoms with Gasteiger partial charge in [0.15, 0.2) is 18.1 Å². The standard InChI is InChI=1S/C47H64ClN6O4.ClH/c1-39(55)58-47-43(35-44(48)42-25-17-27-50-46(42)47)45-38-54(52-51-45)30-13-9-5-7-11-15-32-57-34-20-24-41-22-18-29-53(37-41)28-12-8-4-2-3-6-10-14-31-56-33-19-23-40-21-16-26-49-36-40;/h16-18,21-22,25-27,29,35-38H,2-15,19-20,23-24,28,30-34H2,1H3;1H/q+1;. The summed E-state index contributed by atoms with van der Waals surface area (Å²) in [5, 5.41) is 9.90. The van der Waals surface area contributed by atoms with Crippen molar-refractivity contribution in [3.8, 4) is 17.0 Å². The number of aryl methyl sites for hydroxylation is 4. The van der Waals surface area contributed by atoms with E-state index in [0.29, 0.717) is 27.5 Å². The van der Waals surface area contributed by atoms with Crippen LogP contribution in [0.1, 0.15) is 121 Å². The van der Waals surface area contributed by atoms with Crippen molar-refractivity contribution in [2.45, 2.75) is 136 Å². The molecule has 4 aromatic heterocycles. The van der Waals surface area contributed by atoms with Crippen LogP contribution < -0.4 is 9.30 Å². The Labute approximate surface area is 362 Å². The maximum atomic E-state index is 11.9. The van der Waals surface area contributed by atoms with Crippen LogP contribution in [-0.4, -0.2) is 57.4 Å². The van der Waals surface area contributed by atoms with Gasteiger partial charge in [0, 0.05) is 81.9 Å². The van der Waals surface area contributed by atoms with E-state index in [0.717, 1.165) is 89.8 Å². The Kier molecular flexibility index (Phi) is 23.0. The fourth-order valence-electron chi connectivity index (χ4n) is 7.26. The number of carbonyl (C=O) groups is 1. The van der Waals surface area contributed by atoms with Crippen LogP contribution >= 0.6 is 24.0 Å². The Morgan fingerprint density at radius 3 is 2.07 bits per heavy atom. The molecule has 0 aliphatic heterocycles. The van der Waals surface area contributed by atoms with E-state index < -0.39 is 5.97 Å². The summed E-state index contributed by atoms with van der Waals surface area (Å²) in [5.74, 6) is -0.0781. The number of benzene rings is 1. The molecule has 0 radical (unpaired) electrons. The Hall–Kier alpha value is -3.96. The smallest absolute Gasteiger partial charge is 0.308 e. The summed E-state index contributed by atoms with van der Waals surface area (Å²) in [4.78, 5) is 20.5. The van der Waals surface area contributed by atoms with Gasteiger partial charge >= 0.3 is 5.97 Å². The molecule has 0 bridgehead atoms. The third-order valence-electron chi connectivity index (χ3n) is 10.4. The second-order valence-electron chi connectivity index (χ2n) is 15.3. The van der Waals surface area contributed by atoms with Crippen LogP contribution in [0.25, 0.3) is 22.2 Å². The van der Waals surface area contributed by atoms with Gasteiger partial charge in [0.2, 0.25) is 0 Å². The number of pyridine rings is 3. The first-order chi connectivity index (χ1) is 28.6. The number of halogens is 2. The predicted octanol–water partition coefficient (Wildman–Crippen LogP) is 10.9. The molecule has 12 heteroatoms. The quantitative estimate of drug-likeness (QED) is 0.0195. The van der Waals surface area contributed by atoms with Crippen molar-refractivity contribution in [1.29, 1.82) is 0 Å². The molecule has 10 nitrogen and oxygen atoms in total. The molecule has 0 unspecified atom stereocenters. The van der Waals surface area contributed by atoms with Crippen molar-refractivity contribution in [3.63, 3.8) is 0 Å². The van der Waals surface area contributed by atoms with Crippen LogP contribution in [0.2, 0.25) is 5.02 Å². The minimum absolute atomic E-state index is 0. The molecular weight excluding hydrogens is 783 g/mol. The highest BCUT2D eigenvalue weighted by molar-refractivity contribution is 6.36. The number of carbonyl (C=O) groups excluding carboxylic acids is 1. The Balaban J connectivity index is 0.00000769. The van der Waals surface area contributed by atoms with Crippen molar-refractivity contribution in [3.05, 3.63) is 95.8 Å². The fourth-order valence-corrected chi connectivity index (χ4v) is 7.52. The zero-order valence-electron chi connectivity index (χ0n) is 35.1. The molecular formula is C47H65Cl2N6O4+. The number of ether oxygens (including phenoxy) is 3. The maximum Gasteiger partial charge on any atom is 0.308 e. The van der Waals surface area contributed by atoms with Crippen molar-refractivity contribution in [1.82, 2.24) is 25.0 Å². The summed E-state index contributed by atoms with van der Waals surface area (Å²) >= 11 is 6.54. The highest BCUT2D eigenvalue weighted by atomic mass is 35.5. The lowest BCUT2D eigenvalue weighted by atomic mass is 10.1. The number of hydrogen-bond donors (Lipinski definition) is 0. The van der Waals surface area contributed by atoms with E-state index in [4.69, 9.17) is 25.8 Å². The van der Waals surface area contributed by atoms with Gasteiger partial charge in [-0.2, -0.15) is 0 Å². The van der Waals surface area contributed by atoms with Gasteiger partial charge in [0.25, 0.3) is 0 Å². The number of esters is 1. The zero-order valence-corrected chi connectivity index (χ0v) is 36.7. The average molecular weight is 849 g/mol. The van der Waals surface area contributed by atoms with Gasteiger partial charge in [0.05, 0.1) is 16.8 Å². The van der Waals surface area contributed by atoms with E-state index in [1.54, 1.807) is 18.3 Å². The summed E-state index contributed by atoms with van der Waals surface area (Å²) < 4.78 is 21.5. The number of rotatable bonds is 30. The number of aromatic nitrogens is 6. The van der Waals surface area contributed by atoms with Crippen LogP contribution in [0.5, 0.6) is 5.75 Å². The first kappa shape index (κ1) is 47.7. The molecule has 0 saturated carbocycles. The van der Waals surface area contributed by atoms with Gasteiger partial charge in [-0.25, -0.2) is 4.57 Å². The zero-order chi connectivity index (χ0) is 40.5. The fraction of sp³-hybridized carbons (Fsp3) is 0.532. The van der Waals surface area contributed by atoms with Crippen LogP contribution in [0.4, 0.5) is 0 Å². The van der Waals surface area contributed by atoms with Crippen molar-refractivity contribution < 1.29 is 23.6 Å². The van der Waals surface area contributed by atoms with Gasteiger partial charge in [-0.1, -0.05) is 80.7 Å². The van der Waals surface area contributed by atoms with Crippen LogP contribution in [0, 0.1) is 0 Å². The van der Waals surface area contributed by atoms with E-state index in [9.17, 15) is 4.79 Å². The summed E-state index contributed by atoms with van der Waals surface area (Å²) in [7, 11) is 0. The average Bonchev–Trinajstić information content (AvgIpc) is 3.71. The van der Waals surface area contributed by atoms with Crippen LogP contribution in [-0.2, 0) is 40.2 Å². The lowest BCUT2D eigenvalue weighted by Crippen LogP contribution is -2.33. The van der Waals surface area contributed by atoms with Gasteiger partial charge in [-0.15, -0.1) is 17.5 Å². The third kappa shape index (κ3) is 18.1. The molecule has 0 spiro atoms. The van der Waals surface area contributed by atoms with Gasteiger partial charge < -0.3 is 14.2 Å². The lowest BCUT2D eigenvalue weighted by Gasteiger charge is -2.11. The van der Waals surface area contributed by atoms with E-state index in [1.165, 1.54) is 88.7 Å². The molecule has 59 heavy (non-hydrogen) atoms. The largest absolute Gasteiger partial charge is 0.424 e. The monoisotopic (exact) mass is 847 g/mol. The van der Waals surface area contributed by atoms with E-state index >= 15 is 0 Å². The van der Waals surface area contributed by atoms with E-state index in [-0.39, 0.29) is 12.4 Å². The van der Waals surface area contributed by atoms with Gasteiger partial charge in [-0.3, -0.25) is 19.4 Å². The number of fused-ring (bicyclic) bond motifs is 1. The maximum absolute atomic E-state index is 11.9. The topological polar surface area (TPSA) is 105 Å². The van der Waals surface area contributed by atoms with Crippen LogP contribution in [0.3, 0.4) is 0 Å². The summed E-state index contributed by atoms with van der Waals surface area (Å²) in [6, 6.07) is 14.0. The first-order valence-corrected chi connectivity index (χ1v) is 22.1. The SMILES string of the molecule is CC(=O)Oc1c(-c2cn(CCCCCCCCOCCCc3ccc[n+](CCCCCCCCCCOCCCc4cccnc4)c3)nn2)cc(Cl)c2cccnc12.Cl. The molecule has 0 saturated heterocycles. The molecule has 5 aromatic rings. The molecule has 4 heterocycles. The minimum atomic E-state index is -0.429. The molecule has 0 N–H and O–H groups in total. The second-order valence-corrected chi connectivity index (χ2v) is 15.7. The molecule has 0 amide bonds. The first-order valence-electron chi connectivity index (χ1n) is 21.8. The Morgan fingerprint density at radius 1 is 0.746 bits per heavy atom. The molecule has 1 aromatic carbocycles. The predicted molar refractivity (Wildman–Crippen MR) is 238 cm³/mol. The molecule has 0 aliphatic rings. The van der Waals surface area contributed by atoms with E-state index in [1.807, 2.05) is 35.4 Å². The van der Waals surface area contributed by atoms with Gasteiger partial charge in [-0.05, 0) is 87.3 Å². The summed E-state index contributed by atoms with van der Waals surface area (Å²) in [6.45, 7) is 6.64. The Bertz CT molecular complexity index is 1910. The molecule has 320 valence electrons. The molecule has 0 atom stereocenters.